The van der Waals surface area contributed by atoms with Gasteiger partial charge in [0.2, 0.25) is 0 Å². The first kappa shape index (κ1) is 19.3. The monoisotopic (exact) mass is 383 g/mol. The van der Waals surface area contributed by atoms with Crippen molar-refractivity contribution in [3.8, 4) is 0 Å². The van der Waals surface area contributed by atoms with Crippen molar-refractivity contribution in [3.63, 3.8) is 0 Å². The number of aliphatic hydroxyl groups excluding tert-OH is 4. The second kappa shape index (κ2) is 7.67. The van der Waals surface area contributed by atoms with Crippen LogP contribution in [0, 0.1) is 0 Å². The van der Waals surface area contributed by atoms with Gasteiger partial charge in [-0.05, 0) is 6.92 Å². The van der Waals surface area contributed by atoms with Gasteiger partial charge in [-0.1, -0.05) is 0 Å². The highest BCUT2D eigenvalue weighted by atomic mass is 16.6. The molecule has 1 saturated heterocycles. The number of nitrogens with one attached hydrogen (secondary N) is 2. The number of nitrogens with zero attached hydrogens (tertiary/aromatic N) is 4. The van der Waals surface area contributed by atoms with E-state index in [9.17, 15) is 25.2 Å². The molecule has 0 aliphatic carbocycles. The highest BCUT2D eigenvalue weighted by Crippen LogP contribution is 2.31. The Kier molecular flexibility index (Phi) is 5.50. The molecule has 13 nitrogen and oxygen atoms in total. The molecule has 1 aliphatic heterocycles. The summed E-state index contributed by atoms with van der Waals surface area (Å²) < 4.78 is 6.85. The summed E-state index contributed by atoms with van der Waals surface area (Å²) in [6, 6.07) is -1.13. The van der Waals surface area contributed by atoms with Crippen LogP contribution < -0.4 is 16.6 Å². The fourth-order valence-electron chi connectivity index (χ4n) is 2.66. The molecule has 0 bridgehead atoms. The topological polar surface area (TPSA) is 201 Å². The smallest absolute Gasteiger partial charge is 0.257 e. The lowest BCUT2D eigenvalue weighted by Crippen LogP contribution is -2.49. The van der Waals surface area contributed by atoms with Crippen molar-refractivity contribution in [1.29, 1.82) is 0 Å². The van der Waals surface area contributed by atoms with Crippen LogP contribution in [0.5, 0.6) is 0 Å². The normalized spacial score (nSPS) is 27.5. The van der Waals surface area contributed by atoms with Crippen LogP contribution in [-0.2, 0) is 9.53 Å². The minimum absolute atomic E-state index is 0.150. The number of hydrazine groups is 1. The van der Waals surface area contributed by atoms with Crippen molar-refractivity contribution in [2.75, 3.05) is 12.0 Å². The van der Waals surface area contributed by atoms with Crippen LogP contribution in [0.15, 0.2) is 12.7 Å². The Hall–Kier alpha value is -2.42. The van der Waals surface area contributed by atoms with Gasteiger partial charge in [0.05, 0.1) is 19.0 Å². The number of aromatic nitrogens is 4. The summed E-state index contributed by atoms with van der Waals surface area (Å²) in [5.74, 6) is -0.503. The third-order valence-corrected chi connectivity index (χ3v) is 4.28. The predicted octanol–water partition coefficient (Wildman–Crippen LogP) is -3.41. The maximum atomic E-state index is 11.8. The van der Waals surface area contributed by atoms with Crippen LogP contribution in [0.4, 0.5) is 5.82 Å². The van der Waals surface area contributed by atoms with E-state index in [1.165, 1.54) is 24.1 Å². The van der Waals surface area contributed by atoms with E-state index < -0.39 is 49.2 Å². The number of anilines is 1. The zero-order chi connectivity index (χ0) is 19.7. The maximum absolute atomic E-state index is 11.8. The SMILES string of the molecule is CC(O)C(N)C(=O)NNc1ncnc2c1ncn2[C@@H]1O[C@H](CO)[C@@H](O)[C@H]1O. The molecule has 1 amide bonds. The lowest BCUT2D eigenvalue weighted by Gasteiger charge is -2.17. The number of imidazole rings is 1. The van der Waals surface area contributed by atoms with Gasteiger partial charge in [0.25, 0.3) is 5.91 Å². The lowest BCUT2D eigenvalue weighted by atomic mass is 10.1. The van der Waals surface area contributed by atoms with Crippen molar-refractivity contribution in [3.05, 3.63) is 12.7 Å². The molecule has 3 rings (SSSR count). The fraction of sp³-hybridized carbons (Fsp3) is 0.571. The number of fused-ring (bicyclic) bond motifs is 1. The zero-order valence-electron chi connectivity index (χ0n) is 14.3. The number of amides is 1. The highest BCUT2D eigenvalue weighted by Gasteiger charge is 2.44. The van der Waals surface area contributed by atoms with Gasteiger partial charge in [0.15, 0.2) is 23.2 Å². The van der Waals surface area contributed by atoms with Gasteiger partial charge >= 0.3 is 0 Å². The first-order valence-electron chi connectivity index (χ1n) is 8.14. The molecule has 1 aliphatic rings. The van der Waals surface area contributed by atoms with E-state index in [0.29, 0.717) is 0 Å². The molecule has 8 N–H and O–H groups in total. The van der Waals surface area contributed by atoms with E-state index in [1.54, 1.807) is 0 Å². The molecule has 1 fully saturated rings. The summed E-state index contributed by atoms with van der Waals surface area (Å²) in [6.07, 6.45) is -3.03. The van der Waals surface area contributed by atoms with Crippen molar-refractivity contribution in [1.82, 2.24) is 24.9 Å². The molecule has 3 heterocycles. The molecule has 148 valence electrons. The average molecular weight is 383 g/mol. The Balaban J connectivity index is 1.82. The van der Waals surface area contributed by atoms with Gasteiger partial charge in [-0.15, -0.1) is 0 Å². The molecule has 0 aromatic carbocycles. The summed E-state index contributed by atoms with van der Waals surface area (Å²) in [5.41, 5.74) is 10.9. The molecular formula is C14H21N7O6. The minimum atomic E-state index is -1.30. The first-order chi connectivity index (χ1) is 12.8. The second-order valence-electron chi connectivity index (χ2n) is 6.16. The summed E-state index contributed by atoms with van der Waals surface area (Å²) in [6.45, 7) is 0.925. The number of carbonyl (C=O) groups excluding carboxylic acids is 1. The van der Waals surface area contributed by atoms with Crippen LogP contribution in [0.2, 0.25) is 0 Å². The fourth-order valence-corrected chi connectivity index (χ4v) is 2.66. The highest BCUT2D eigenvalue weighted by molar-refractivity contribution is 5.86. The number of nitrogens with two attached hydrogens (primary N) is 1. The molecule has 0 radical (unpaired) electrons. The second-order valence-corrected chi connectivity index (χ2v) is 6.16. The maximum Gasteiger partial charge on any atom is 0.257 e. The molecule has 6 atom stereocenters. The minimum Gasteiger partial charge on any atom is -0.394 e. The van der Waals surface area contributed by atoms with Crippen molar-refractivity contribution >= 4 is 22.9 Å². The van der Waals surface area contributed by atoms with Crippen LogP contribution in [0.1, 0.15) is 13.2 Å². The lowest BCUT2D eigenvalue weighted by molar-refractivity contribution is -0.123. The summed E-state index contributed by atoms with van der Waals surface area (Å²) in [5, 5.41) is 38.6. The molecule has 2 aromatic rings. The number of hydrogen-bond donors (Lipinski definition) is 7. The summed E-state index contributed by atoms with van der Waals surface area (Å²) in [4.78, 5) is 24.0. The largest absolute Gasteiger partial charge is 0.394 e. The third-order valence-electron chi connectivity index (χ3n) is 4.28. The van der Waals surface area contributed by atoms with Crippen LogP contribution in [0.3, 0.4) is 0 Å². The standard InChI is InChI=1S/C14H21N7O6/c1-5(23)7(15)13(26)20-19-11-8-12(17-3-16-11)21(4-18-8)14-10(25)9(24)6(2-22)27-14/h3-7,9-10,14,22-25H,2,15H2,1H3,(H,20,26)(H,16,17,19)/t5?,6-,7?,9-,10-,14-/m1/s1. The number of aliphatic hydroxyl groups is 4. The molecular weight excluding hydrogens is 362 g/mol. The summed E-state index contributed by atoms with van der Waals surface area (Å²) in [7, 11) is 0. The molecule has 13 heteroatoms. The van der Waals surface area contributed by atoms with E-state index in [2.05, 4.69) is 25.8 Å². The number of ether oxygens (including phenoxy) is 1. The van der Waals surface area contributed by atoms with Crippen molar-refractivity contribution in [2.45, 2.75) is 43.6 Å². The van der Waals surface area contributed by atoms with E-state index in [4.69, 9.17) is 10.5 Å². The Morgan fingerprint density at radius 3 is 2.74 bits per heavy atom. The van der Waals surface area contributed by atoms with Gasteiger partial charge in [-0.25, -0.2) is 15.0 Å². The Morgan fingerprint density at radius 1 is 1.37 bits per heavy atom. The van der Waals surface area contributed by atoms with E-state index in [1.807, 2.05) is 0 Å². The first-order valence-corrected chi connectivity index (χ1v) is 8.14. The predicted molar refractivity (Wildman–Crippen MR) is 89.8 cm³/mol. The molecule has 0 saturated carbocycles. The molecule has 27 heavy (non-hydrogen) atoms. The number of rotatable bonds is 6. The number of hydrogen-bond acceptors (Lipinski definition) is 11. The number of carbonyl (C=O) groups is 1. The quantitative estimate of drug-likeness (QED) is 0.245. The third kappa shape index (κ3) is 3.55. The van der Waals surface area contributed by atoms with Gasteiger partial charge < -0.3 is 30.9 Å². The van der Waals surface area contributed by atoms with Gasteiger partial charge in [-0.3, -0.25) is 20.2 Å². The van der Waals surface area contributed by atoms with Crippen molar-refractivity contribution < 1.29 is 30.0 Å². The Morgan fingerprint density at radius 2 is 2.11 bits per heavy atom. The van der Waals surface area contributed by atoms with Gasteiger partial charge in [-0.2, -0.15) is 0 Å². The zero-order valence-corrected chi connectivity index (χ0v) is 14.3. The van der Waals surface area contributed by atoms with E-state index in [-0.39, 0.29) is 17.0 Å². The molecule has 2 aromatic heterocycles. The van der Waals surface area contributed by atoms with Gasteiger partial charge in [0.1, 0.15) is 30.7 Å². The van der Waals surface area contributed by atoms with E-state index >= 15 is 0 Å². The van der Waals surface area contributed by atoms with Crippen LogP contribution >= 0.6 is 0 Å². The Bertz CT molecular complexity index is 814. The Labute approximate surface area is 152 Å². The molecule has 2 unspecified atom stereocenters. The molecule has 0 spiro atoms. The van der Waals surface area contributed by atoms with Crippen LogP contribution in [0.25, 0.3) is 11.2 Å². The van der Waals surface area contributed by atoms with Crippen LogP contribution in [-0.4, -0.2) is 82.9 Å². The average Bonchev–Trinajstić information content (AvgIpc) is 3.20. The van der Waals surface area contributed by atoms with Crippen molar-refractivity contribution in [2.24, 2.45) is 5.73 Å². The van der Waals surface area contributed by atoms with Gasteiger partial charge in [0, 0.05) is 0 Å². The van der Waals surface area contributed by atoms with E-state index in [0.717, 1.165) is 0 Å². The summed E-state index contributed by atoms with van der Waals surface area (Å²) >= 11 is 0.